The Morgan fingerprint density at radius 1 is 1.46 bits per heavy atom. The molecule has 3 heteroatoms. The van der Waals surface area contributed by atoms with Crippen molar-refractivity contribution in [2.24, 2.45) is 11.5 Å². The molecule has 0 radical (unpaired) electrons. The Bertz CT molecular complexity index is 286. The van der Waals surface area contributed by atoms with E-state index in [-0.39, 0.29) is 11.8 Å². The number of hydrogen-bond donors (Lipinski definition) is 3. The predicted molar refractivity (Wildman–Crippen MR) is 53.2 cm³/mol. The van der Waals surface area contributed by atoms with Gasteiger partial charge in [-0.15, -0.1) is 0 Å². The van der Waals surface area contributed by atoms with Crippen molar-refractivity contribution < 1.29 is 5.11 Å². The van der Waals surface area contributed by atoms with Crippen LogP contribution in [-0.4, -0.2) is 5.11 Å². The zero-order valence-corrected chi connectivity index (χ0v) is 7.83. The highest BCUT2D eigenvalue weighted by Crippen LogP contribution is 2.25. The lowest BCUT2D eigenvalue weighted by Crippen LogP contribution is -2.09. The zero-order valence-electron chi connectivity index (χ0n) is 7.83. The van der Waals surface area contributed by atoms with Crippen LogP contribution >= 0.6 is 0 Å². The van der Waals surface area contributed by atoms with Gasteiger partial charge in [-0.1, -0.05) is 13.0 Å². The van der Waals surface area contributed by atoms with E-state index in [4.69, 9.17) is 11.5 Å². The number of nitrogens with two attached hydrogens (primary N) is 2. The Balaban J connectivity index is 3.03. The summed E-state index contributed by atoms with van der Waals surface area (Å²) in [7, 11) is 0. The highest BCUT2D eigenvalue weighted by atomic mass is 16.3. The van der Waals surface area contributed by atoms with Crippen LogP contribution in [0.3, 0.4) is 0 Å². The van der Waals surface area contributed by atoms with E-state index in [0.717, 1.165) is 17.5 Å². The van der Waals surface area contributed by atoms with Crippen LogP contribution in [0.2, 0.25) is 0 Å². The minimum absolute atomic E-state index is 0.105. The molecule has 72 valence electrons. The molecule has 5 N–H and O–H groups in total. The number of benzene rings is 1. The zero-order chi connectivity index (χ0) is 9.84. The third-order valence-electron chi connectivity index (χ3n) is 2.17. The van der Waals surface area contributed by atoms with Crippen molar-refractivity contribution in [1.29, 1.82) is 0 Å². The molecule has 0 aliphatic rings. The van der Waals surface area contributed by atoms with E-state index in [1.54, 1.807) is 12.1 Å². The average Bonchev–Trinajstić information content (AvgIpc) is 2.17. The summed E-state index contributed by atoms with van der Waals surface area (Å²) in [5.41, 5.74) is 13.1. The Morgan fingerprint density at radius 3 is 2.69 bits per heavy atom. The molecule has 0 saturated heterocycles. The number of rotatable bonds is 3. The molecule has 0 spiro atoms. The van der Waals surface area contributed by atoms with Gasteiger partial charge in [0.05, 0.1) is 0 Å². The quantitative estimate of drug-likeness (QED) is 0.655. The summed E-state index contributed by atoms with van der Waals surface area (Å²) in [6.45, 7) is 2.46. The van der Waals surface area contributed by atoms with E-state index in [1.165, 1.54) is 0 Å². The molecule has 0 aromatic heterocycles. The number of phenols is 1. The van der Waals surface area contributed by atoms with Gasteiger partial charge in [0.15, 0.2) is 0 Å². The predicted octanol–water partition coefficient (Wildman–Crippen LogP) is 1.26. The van der Waals surface area contributed by atoms with Gasteiger partial charge in [-0.3, -0.25) is 0 Å². The summed E-state index contributed by atoms with van der Waals surface area (Å²) in [4.78, 5) is 0. The largest absolute Gasteiger partial charge is 0.508 e. The second-order valence-electron chi connectivity index (χ2n) is 3.11. The summed E-state index contributed by atoms with van der Waals surface area (Å²) >= 11 is 0. The first-order chi connectivity index (χ1) is 6.19. The topological polar surface area (TPSA) is 72.3 Å². The summed E-state index contributed by atoms with van der Waals surface area (Å²) in [6.07, 6.45) is 0.807. The van der Waals surface area contributed by atoms with Crippen LogP contribution in [0.4, 0.5) is 0 Å². The first kappa shape index (κ1) is 10.0. The molecule has 0 fully saturated rings. The average molecular weight is 180 g/mol. The van der Waals surface area contributed by atoms with Gasteiger partial charge >= 0.3 is 0 Å². The summed E-state index contributed by atoms with van der Waals surface area (Å²) < 4.78 is 0. The molecular formula is C10H16N2O. The Kier molecular flexibility index (Phi) is 3.28. The molecule has 0 saturated carbocycles. The lowest BCUT2D eigenvalue weighted by Gasteiger charge is -2.12. The Labute approximate surface area is 78.4 Å². The van der Waals surface area contributed by atoms with Gasteiger partial charge in [-0.05, 0) is 24.1 Å². The van der Waals surface area contributed by atoms with Crippen LogP contribution in [0.5, 0.6) is 5.75 Å². The maximum absolute atomic E-state index is 9.51. The normalized spacial score (nSPS) is 12.8. The summed E-state index contributed by atoms with van der Waals surface area (Å²) in [5.74, 6) is 0.256. The van der Waals surface area contributed by atoms with Gasteiger partial charge in [0.25, 0.3) is 0 Å². The molecule has 0 bridgehead atoms. The van der Waals surface area contributed by atoms with Crippen molar-refractivity contribution in [3.8, 4) is 5.75 Å². The van der Waals surface area contributed by atoms with Crippen molar-refractivity contribution >= 4 is 0 Å². The highest BCUT2D eigenvalue weighted by Gasteiger charge is 2.08. The van der Waals surface area contributed by atoms with Gasteiger partial charge in [0.1, 0.15) is 5.75 Å². The lowest BCUT2D eigenvalue weighted by atomic mass is 10.0. The maximum atomic E-state index is 9.51. The molecule has 0 heterocycles. The smallest absolute Gasteiger partial charge is 0.120 e. The minimum Gasteiger partial charge on any atom is -0.508 e. The summed E-state index contributed by atoms with van der Waals surface area (Å²) in [6, 6.07) is 5.21. The SMILES string of the molecule is CC[C@@H](N)c1cc(CN)ccc1O. The molecular weight excluding hydrogens is 164 g/mol. The molecule has 0 aliphatic carbocycles. The molecule has 0 amide bonds. The van der Waals surface area contributed by atoms with Crippen LogP contribution in [0.15, 0.2) is 18.2 Å². The van der Waals surface area contributed by atoms with Crippen molar-refractivity contribution in [3.63, 3.8) is 0 Å². The van der Waals surface area contributed by atoms with E-state index in [2.05, 4.69) is 0 Å². The van der Waals surface area contributed by atoms with Crippen molar-refractivity contribution in [2.75, 3.05) is 0 Å². The lowest BCUT2D eigenvalue weighted by molar-refractivity contribution is 0.460. The number of phenolic OH excluding ortho intramolecular Hbond substituents is 1. The third-order valence-corrected chi connectivity index (χ3v) is 2.17. The van der Waals surface area contributed by atoms with Crippen molar-refractivity contribution in [3.05, 3.63) is 29.3 Å². The van der Waals surface area contributed by atoms with E-state index in [1.807, 2.05) is 13.0 Å². The standard InChI is InChI=1S/C10H16N2O/c1-2-9(12)8-5-7(6-11)3-4-10(8)13/h3-5,9,13H,2,6,11-12H2,1H3/t9-/m1/s1. The van der Waals surface area contributed by atoms with Crippen LogP contribution in [0.25, 0.3) is 0 Å². The molecule has 3 nitrogen and oxygen atoms in total. The van der Waals surface area contributed by atoms with Crippen molar-refractivity contribution in [1.82, 2.24) is 0 Å². The molecule has 1 aromatic carbocycles. The first-order valence-corrected chi connectivity index (χ1v) is 4.46. The van der Waals surface area contributed by atoms with Gasteiger partial charge < -0.3 is 16.6 Å². The second-order valence-corrected chi connectivity index (χ2v) is 3.11. The highest BCUT2D eigenvalue weighted by molar-refractivity contribution is 5.38. The second kappa shape index (κ2) is 4.25. The van der Waals surface area contributed by atoms with Crippen molar-refractivity contribution in [2.45, 2.75) is 25.9 Å². The molecule has 1 atom stereocenters. The van der Waals surface area contributed by atoms with Gasteiger partial charge in [-0.25, -0.2) is 0 Å². The fraction of sp³-hybridized carbons (Fsp3) is 0.400. The van der Waals surface area contributed by atoms with E-state index in [0.29, 0.717) is 6.54 Å². The third kappa shape index (κ3) is 2.20. The van der Waals surface area contributed by atoms with Crippen LogP contribution in [0.1, 0.15) is 30.5 Å². The van der Waals surface area contributed by atoms with Gasteiger partial charge in [0, 0.05) is 18.2 Å². The Hall–Kier alpha value is -1.06. The minimum atomic E-state index is -0.105. The van der Waals surface area contributed by atoms with E-state index >= 15 is 0 Å². The van der Waals surface area contributed by atoms with Crippen LogP contribution in [0, 0.1) is 0 Å². The molecule has 13 heavy (non-hydrogen) atoms. The van der Waals surface area contributed by atoms with E-state index in [9.17, 15) is 5.11 Å². The maximum Gasteiger partial charge on any atom is 0.120 e. The van der Waals surface area contributed by atoms with Gasteiger partial charge in [-0.2, -0.15) is 0 Å². The number of aromatic hydroxyl groups is 1. The fourth-order valence-electron chi connectivity index (χ4n) is 1.25. The van der Waals surface area contributed by atoms with E-state index < -0.39 is 0 Å². The number of hydrogen-bond acceptors (Lipinski definition) is 3. The molecule has 1 rings (SSSR count). The van der Waals surface area contributed by atoms with Crippen LogP contribution in [-0.2, 0) is 6.54 Å². The first-order valence-electron chi connectivity index (χ1n) is 4.46. The molecule has 0 unspecified atom stereocenters. The van der Waals surface area contributed by atoms with Gasteiger partial charge in [0.2, 0.25) is 0 Å². The fourth-order valence-corrected chi connectivity index (χ4v) is 1.25. The summed E-state index contributed by atoms with van der Waals surface area (Å²) in [5, 5.41) is 9.51. The molecule has 1 aromatic rings. The monoisotopic (exact) mass is 180 g/mol. The molecule has 0 aliphatic heterocycles. The van der Waals surface area contributed by atoms with Crippen LogP contribution < -0.4 is 11.5 Å². The Morgan fingerprint density at radius 2 is 2.15 bits per heavy atom.